The van der Waals surface area contributed by atoms with Crippen LogP contribution in [-0.4, -0.2) is 32.6 Å². The predicted octanol–water partition coefficient (Wildman–Crippen LogP) is 2.32. The summed E-state index contributed by atoms with van der Waals surface area (Å²) in [4.78, 5) is 27.9. The molecular weight excluding hydrogens is 330 g/mol. The van der Waals surface area contributed by atoms with Crippen molar-refractivity contribution in [2.75, 3.05) is 0 Å². The third-order valence-electron chi connectivity index (χ3n) is 4.35. The fourth-order valence-electron chi connectivity index (χ4n) is 2.91. The topological polar surface area (TPSA) is 84.2 Å². The van der Waals surface area contributed by atoms with Crippen LogP contribution in [0, 0.1) is 0 Å². The number of amides is 1. The first kappa shape index (κ1) is 17.7. The van der Waals surface area contributed by atoms with Crippen LogP contribution in [-0.2, 0) is 29.5 Å². The van der Waals surface area contributed by atoms with E-state index in [4.69, 9.17) is 0 Å². The highest BCUT2D eigenvalue weighted by Crippen LogP contribution is 2.15. The number of carbonyl (C=O) groups is 2. The lowest BCUT2D eigenvalue weighted by atomic mass is 10.1. The molecule has 0 spiro atoms. The van der Waals surface area contributed by atoms with E-state index in [1.54, 1.807) is 6.33 Å². The number of carbonyl (C=O) groups excluding carboxylic acids is 1. The number of hydrogen-bond donors (Lipinski definition) is 2. The van der Waals surface area contributed by atoms with Gasteiger partial charge in [0.1, 0.15) is 6.04 Å². The normalized spacial score (nSPS) is 12.0. The van der Waals surface area contributed by atoms with Gasteiger partial charge in [0.05, 0.1) is 17.4 Å². The van der Waals surface area contributed by atoms with Gasteiger partial charge in [0.2, 0.25) is 5.91 Å². The highest BCUT2D eigenvalue weighted by molar-refractivity contribution is 5.84. The van der Waals surface area contributed by atoms with E-state index in [0.717, 1.165) is 22.2 Å². The number of nitrogens with zero attached hydrogens (tertiary/aromatic N) is 2. The molecule has 6 heteroatoms. The Labute approximate surface area is 151 Å². The maximum atomic E-state index is 12.2. The van der Waals surface area contributed by atoms with Crippen LogP contribution in [0.4, 0.5) is 0 Å². The Morgan fingerprint density at radius 2 is 1.92 bits per heavy atom. The second-order valence-corrected chi connectivity index (χ2v) is 6.33. The van der Waals surface area contributed by atoms with E-state index < -0.39 is 12.0 Å². The van der Waals surface area contributed by atoms with Crippen molar-refractivity contribution in [1.82, 2.24) is 14.9 Å². The van der Waals surface area contributed by atoms with Crippen molar-refractivity contribution in [3.8, 4) is 0 Å². The number of benzene rings is 2. The fraction of sp³-hybridized carbons (Fsp3) is 0.250. The average molecular weight is 351 g/mol. The summed E-state index contributed by atoms with van der Waals surface area (Å²) in [5, 5.41) is 12.0. The van der Waals surface area contributed by atoms with Gasteiger partial charge in [-0.25, -0.2) is 9.78 Å². The molecule has 134 valence electrons. The van der Waals surface area contributed by atoms with Crippen LogP contribution in [0.3, 0.4) is 0 Å². The number of aryl methyl sites for hydroxylation is 2. The van der Waals surface area contributed by atoms with Gasteiger partial charge in [0, 0.05) is 19.9 Å². The summed E-state index contributed by atoms with van der Waals surface area (Å²) in [6, 6.07) is 14.3. The van der Waals surface area contributed by atoms with E-state index in [0.29, 0.717) is 6.42 Å². The maximum absolute atomic E-state index is 12.2. The van der Waals surface area contributed by atoms with Gasteiger partial charge in [-0.15, -0.1) is 0 Å². The minimum Gasteiger partial charge on any atom is -0.480 e. The highest BCUT2D eigenvalue weighted by atomic mass is 16.4. The molecule has 0 aliphatic rings. The van der Waals surface area contributed by atoms with Crippen LogP contribution < -0.4 is 5.32 Å². The van der Waals surface area contributed by atoms with Gasteiger partial charge < -0.3 is 15.0 Å². The number of hydrogen-bond acceptors (Lipinski definition) is 3. The molecule has 3 rings (SSSR count). The molecule has 0 saturated carbocycles. The molecule has 0 aliphatic heterocycles. The Morgan fingerprint density at radius 3 is 2.65 bits per heavy atom. The third-order valence-corrected chi connectivity index (χ3v) is 4.35. The summed E-state index contributed by atoms with van der Waals surface area (Å²) >= 11 is 0. The lowest BCUT2D eigenvalue weighted by Crippen LogP contribution is -2.42. The zero-order valence-corrected chi connectivity index (χ0v) is 14.6. The SMILES string of the molecule is Cn1cnc2cc(CCC(=O)N[C@@H](Cc3ccccc3)C(=O)O)ccc21. The number of carboxylic acids is 1. The fourth-order valence-corrected chi connectivity index (χ4v) is 2.91. The van der Waals surface area contributed by atoms with Crippen molar-refractivity contribution in [2.45, 2.75) is 25.3 Å². The molecule has 0 fully saturated rings. The average Bonchev–Trinajstić information content (AvgIpc) is 3.01. The van der Waals surface area contributed by atoms with Crippen LogP contribution >= 0.6 is 0 Å². The van der Waals surface area contributed by atoms with Gasteiger partial charge in [0.15, 0.2) is 0 Å². The number of aromatic nitrogens is 2. The maximum Gasteiger partial charge on any atom is 0.326 e. The van der Waals surface area contributed by atoms with Crippen LogP contribution in [0.25, 0.3) is 11.0 Å². The van der Waals surface area contributed by atoms with Crippen molar-refractivity contribution in [3.63, 3.8) is 0 Å². The first-order valence-corrected chi connectivity index (χ1v) is 8.49. The van der Waals surface area contributed by atoms with Crippen molar-refractivity contribution in [1.29, 1.82) is 0 Å². The second-order valence-electron chi connectivity index (χ2n) is 6.33. The summed E-state index contributed by atoms with van der Waals surface area (Å²) in [6.45, 7) is 0. The van der Waals surface area contributed by atoms with Crippen molar-refractivity contribution in [3.05, 3.63) is 66.0 Å². The number of nitrogens with one attached hydrogen (secondary N) is 1. The number of imidazole rings is 1. The summed E-state index contributed by atoms with van der Waals surface area (Å²) in [5.41, 5.74) is 3.80. The van der Waals surface area contributed by atoms with Crippen LogP contribution in [0.5, 0.6) is 0 Å². The summed E-state index contributed by atoms with van der Waals surface area (Å²) in [5.74, 6) is -1.30. The number of carboxylic acid groups (broad SMARTS) is 1. The van der Waals surface area contributed by atoms with Crippen LogP contribution in [0.1, 0.15) is 17.5 Å². The van der Waals surface area contributed by atoms with Gasteiger partial charge in [-0.1, -0.05) is 36.4 Å². The zero-order valence-electron chi connectivity index (χ0n) is 14.6. The van der Waals surface area contributed by atoms with Crippen LogP contribution in [0.15, 0.2) is 54.9 Å². The van der Waals surface area contributed by atoms with E-state index in [2.05, 4.69) is 10.3 Å². The lowest BCUT2D eigenvalue weighted by molar-refractivity contribution is -0.141. The van der Waals surface area contributed by atoms with E-state index in [9.17, 15) is 14.7 Å². The molecule has 0 aliphatic carbocycles. The molecule has 1 heterocycles. The van der Waals surface area contributed by atoms with E-state index in [1.807, 2.05) is 60.1 Å². The Kier molecular flexibility index (Phi) is 5.31. The largest absolute Gasteiger partial charge is 0.480 e. The lowest BCUT2D eigenvalue weighted by Gasteiger charge is -2.14. The molecule has 0 unspecified atom stereocenters. The van der Waals surface area contributed by atoms with E-state index in [-0.39, 0.29) is 18.7 Å². The van der Waals surface area contributed by atoms with Gasteiger partial charge in [-0.3, -0.25) is 4.79 Å². The number of aliphatic carboxylic acids is 1. The molecule has 0 bridgehead atoms. The van der Waals surface area contributed by atoms with Crippen LogP contribution in [0.2, 0.25) is 0 Å². The zero-order chi connectivity index (χ0) is 18.5. The summed E-state index contributed by atoms with van der Waals surface area (Å²) in [6.07, 6.45) is 2.79. The first-order valence-electron chi connectivity index (χ1n) is 8.49. The molecule has 2 aromatic carbocycles. The second kappa shape index (κ2) is 7.82. The number of rotatable bonds is 7. The standard InChI is InChI=1S/C20H21N3O3/c1-23-13-21-16-11-15(7-9-18(16)23)8-10-19(24)22-17(20(25)26)12-14-5-3-2-4-6-14/h2-7,9,11,13,17H,8,10,12H2,1H3,(H,22,24)(H,25,26)/t17-/m0/s1. The highest BCUT2D eigenvalue weighted by Gasteiger charge is 2.20. The third kappa shape index (κ3) is 4.27. The quantitative estimate of drug-likeness (QED) is 0.684. The van der Waals surface area contributed by atoms with E-state index in [1.165, 1.54) is 0 Å². The van der Waals surface area contributed by atoms with Gasteiger partial charge in [0.25, 0.3) is 0 Å². The molecule has 26 heavy (non-hydrogen) atoms. The Bertz CT molecular complexity index is 918. The molecule has 6 nitrogen and oxygen atoms in total. The Morgan fingerprint density at radius 1 is 1.15 bits per heavy atom. The minimum absolute atomic E-state index is 0.233. The van der Waals surface area contributed by atoms with Gasteiger partial charge >= 0.3 is 5.97 Å². The molecule has 1 amide bonds. The molecular formula is C20H21N3O3. The van der Waals surface area contributed by atoms with E-state index >= 15 is 0 Å². The number of fused-ring (bicyclic) bond motifs is 1. The molecule has 2 N–H and O–H groups in total. The molecule has 0 radical (unpaired) electrons. The molecule has 1 aromatic heterocycles. The minimum atomic E-state index is -1.03. The first-order chi connectivity index (χ1) is 12.5. The van der Waals surface area contributed by atoms with Gasteiger partial charge in [-0.05, 0) is 29.7 Å². The summed E-state index contributed by atoms with van der Waals surface area (Å²) in [7, 11) is 1.93. The Hall–Kier alpha value is -3.15. The molecule has 1 atom stereocenters. The monoisotopic (exact) mass is 351 g/mol. The van der Waals surface area contributed by atoms with Gasteiger partial charge in [-0.2, -0.15) is 0 Å². The Balaban J connectivity index is 1.58. The van der Waals surface area contributed by atoms with Crippen molar-refractivity contribution >= 4 is 22.9 Å². The van der Waals surface area contributed by atoms with Crippen molar-refractivity contribution in [2.24, 2.45) is 7.05 Å². The smallest absolute Gasteiger partial charge is 0.326 e. The predicted molar refractivity (Wildman–Crippen MR) is 98.7 cm³/mol. The summed E-state index contributed by atoms with van der Waals surface area (Å²) < 4.78 is 1.94. The molecule has 0 saturated heterocycles. The van der Waals surface area contributed by atoms with Crippen molar-refractivity contribution < 1.29 is 14.7 Å². The molecule has 3 aromatic rings.